The maximum Gasteiger partial charge on any atom is 0.0526 e. The van der Waals surface area contributed by atoms with Gasteiger partial charge in [-0.05, 0) is 31.2 Å². The van der Waals surface area contributed by atoms with Gasteiger partial charge in [-0.3, -0.25) is 0 Å². The molecule has 1 aromatic rings. The van der Waals surface area contributed by atoms with Gasteiger partial charge < -0.3 is 11.1 Å². The minimum Gasteiger partial charge on any atom is -0.398 e. The molecule has 0 radical (unpaired) electrons. The highest BCUT2D eigenvalue weighted by Crippen LogP contribution is 2.17. The molecular formula is C17H22N2. The first-order valence-corrected chi connectivity index (χ1v) is 6.38. The van der Waals surface area contributed by atoms with E-state index in [1.807, 2.05) is 56.5 Å². The van der Waals surface area contributed by atoms with Crippen molar-refractivity contribution in [2.75, 3.05) is 7.05 Å². The highest BCUT2D eigenvalue weighted by molar-refractivity contribution is 5.41. The molecule has 1 atom stereocenters. The van der Waals surface area contributed by atoms with Gasteiger partial charge in [0.15, 0.2) is 0 Å². The summed E-state index contributed by atoms with van der Waals surface area (Å²) < 4.78 is 0. The lowest BCUT2D eigenvalue weighted by atomic mass is 10.0. The molecule has 1 unspecified atom stereocenters. The molecule has 19 heavy (non-hydrogen) atoms. The predicted octanol–water partition coefficient (Wildman–Crippen LogP) is 3.48. The van der Waals surface area contributed by atoms with E-state index in [4.69, 9.17) is 5.73 Å². The van der Waals surface area contributed by atoms with Crippen molar-refractivity contribution in [3.8, 4) is 0 Å². The summed E-state index contributed by atoms with van der Waals surface area (Å²) in [4.78, 5) is 0. The van der Waals surface area contributed by atoms with Crippen LogP contribution in [-0.2, 0) is 0 Å². The van der Waals surface area contributed by atoms with Crippen LogP contribution in [0.4, 0.5) is 0 Å². The highest BCUT2D eigenvalue weighted by Gasteiger charge is 2.06. The SMILES string of the molecule is C=C/C=C(\C=C/C)C(/N)=C/C(NC)c1ccccc1. The van der Waals surface area contributed by atoms with Crippen molar-refractivity contribution in [1.82, 2.24) is 5.32 Å². The summed E-state index contributed by atoms with van der Waals surface area (Å²) in [5.41, 5.74) is 9.05. The van der Waals surface area contributed by atoms with Gasteiger partial charge in [-0.25, -0.2) is 0 Å². The molecule has 0 aliphatic heterocycles. The second-order valence-corrected chi connectivity index (χ2v) is 4.16. The number of allylic oxidation sites excluding steroid dienone is 4. The Bertz CT molecular complexity index is 481. The zero-order valence-corrected chi connectivity index (χ0v) is 11.6. The van der Waals surface area contributed by atoms with Gasteiger partial charge in [0, 0.05) is 5.70 Å². The second kappa shape index (κ2) is 8.11. The molecule has 3 N–H and O–H groups in total. The van der Waals surface area contributed by atoms with E-state index in [1.165, 1.54) is 5.56 Å². The molecule has 1 aromatic carbocycles. The topological polar surface area (TPSA) is 38.0 Å². The summed E-state index contributed by atoms with van der Waals surface area (Å²) in [7, 11) is 1.92. The average molecular weight is 254 g/mol. The summed E-state index contributed by atoms with van der Waals surface area (Å²) in [6.45, 7) is 5.68. The van der Waals surface area contributed by atoms with Crippen LogP contribution in [0.5, 0.6) is 0 Å². The van der Waals surface area contributed by atoms with Crippen molar-refractivity contribution in [2.45, 2.75) is 13.0 Å². The van der Waals surface area contributed by atoms with Crippen molar-refractivity contribution in [3.05, 3.63) is 84.1 Å². The Morgan fingerprint density at radius 1 is 1.32 bits per heavy atom. The van der Waals surface area contributed by atoms with Crippen LogP contribution in [0.1, 0.15) is 18.5 Å². The summed E-state index contributed by atoms with van der Waals surface area (Å²) >= 11 is 0. The van der Waals surface area contributed by atoms with E-state index < -0.39 is 0 Å². The number of nitrogens with one attached hydrogen (secondary N) is 1. The third-order valence-electron chi connectivity index (χ3n) is 2.79. The van der Waals surface area contributed by atoms with Crippen LogP contribution in [0.2, 0.25) is 0 Å². The van der Waals surface area contributed by atoms with Gasteiger partial charge in [0.1, 0.15) is 0 Å². The van der Waals surface area contributed by atoms with E-state index in [1.54, 1.807) is 6.08 Å². The molecular weight excluding hydrogens is 232 g/mol. The monoisotopic (exact) mass is 254 g/mol. The lowest BCUT2D eigenvalue weighted by molar-refractivity contribution is 0.710. The molecule has 0 fully saturated rings. The van der Waals surface area contributed by atoms with Crippen LogP contribution >= 0.6 is 0 Å². The van der Waals surface area contributed by atoms with Gasteiger partial charge in [-0.2, -0.15) is 0 Å². The van der Waals surface area contributed by atoms with E-state index in [2.05, 4.69) is 24.0 Å². The fraction of sp³-hybridized carbons (Fsp3) is 0.176. The van der Waals surface area contributed by atoms with Gasteiger partial charge in [0.05, 0.1) is 6.04 Å². The molecule has 1 rings (SSSR count). The van der Waals surface area contributed by atoms with Crippen molar-refractivity contribution < 1.29 is 0 Å². The molecule has 0 heterocycles. The molecule has 0 aliphatic rings. The third-order valence-corrected chi connectivity index (χ3v) is 2.79. The third kappa shape index (κ3) is 4.60. The maximum absolute atomic E-state index is 6.16. The van der Waals surface area contributed by atoms with E-state index in [9.17, 15) is 0 Å². The quantitative estimate of drug-likeness (QED) is 0.763. The van der Waals surface area contributed by atoms with E-state index in [0.29, 0.717) is 0 Å². The zero-order valence-electron chi connectivity index (χ0n) is 11.6. The van der Waals surface area contributed by atoms with E-state index >= 15 is 0 Å². The Kier molecular flexibility index (Phi) is 6.41. The lowest BCUT2D eigenvalue weighted by Gasteiger charge is -2.14. The standard InChI is InChI=1S/C17H22N2/c1-4-9-14(10-5-2)16(18)13-17(19-3)15-11-7-6-8-12-15/h4-13,17,19H,1,18H2,2-3H3/b10-5-,14-9+,16-13-. The molecule has 2 nitrogen and oxygen atoms in total. The Balaban J connectivity index is 3.03. The van der Waals surface area contributed by atoms with E-state index in [0.717, 1.165) is 11.3 Å². The van der Waals surface area contributed by atoms with Crippen LogP contribution in [0, 0.1) is 0 Å². The van der Waals surface area contributed by atoms with Crippen molar-refractivity contribution in [2.24, 2.45) is 5.73 Å². The number of hydrogen-bond acceptors (Lipinski definition) is 2. The Labute approximate surface area is 116 Å². The predicted molar refractivity (Wildman–Crippen MR) is 83.6 cm³/mol. The highest BCUT2D eigenvalue weighted by atomic mass is 14.9. The molecule has 0 spiro atoms. The minimum absolute atomic E-state index is 0.0969. The molecule has 100 valence electrons. The number of nitrogens with two attached hydrogens (primary N) is 1. The summed E-state index contributed by atoms with van der Waals surface area (Å²) in [5, 5.41) is 3.25. The average Bonchev–Trinajstić information content (AvgIpc) is 2.45. The minimum atomic E-state index is 0.0969. The maximum atomic E-state index is 6.16. The number of rotatable bonds is 6. The van der Waals surface area contributed by atoms with Crippen LogP contribution in [-0.4, -0.2) is 7.05 Å². The fourth-order valence-corrected chi connectivity index (χ4v) is 1.84. The van der Waals surface area contributed by atoms with Crippen LogP contribution in [0.25, 0.3) is 0 Å². The molecule has 0 aromatic heterocycles. The van der Waals surface area contributed by atoms with Gasteiger partial charge in [-0.1, -0.05) is 61.2 Å². The first-order chi connectivity index (χ1) is 9.22. The van der Waals surface area contributed by atoms with Crippen molar-refractivity contribution >= 4 is 0 Å². The van der Waals surface area contributed by atoms with E-state index in [-0.39, 0.29) is 6.04 Å². The van der Waals surface area contributed by atoms with Crippen LogP contribution in [0.3, 0.4) is 0 Å². The lowest BCUT2D eigenvalue weighted by Crippen LogP contribution is -2.16. The molecule has 2 heteroatoms. The largest absolute Gasteiger partial charge is 0.398 e. The van der Waals surface area contributed by atoms with Crippen molar-refractivity contribution in [3.63, 3.8) is 0 Å². The molecule has 0 aliphatic carbocycles. The number of hydrogen-bond donors (Lipinski definition) is 2. The first-order valence-electron chi connectivity index (χ1n) is 6.38. The molecule has 0 saturated carbocycles. The van der Waals surface area contributed by atoms with Crippen molar-refractivity contribution in [1.29, 1.82) is 0 Å². The zero-order chi connectivity index (χ0) is 14.1. The Hall–Kier alpha value is -2.06. The summed E-state index contributed by atoms with van der Waals surface area (Å²) in [5.74, 6) is 0. The van der Waals surface area contributed by atoms with Crippen LogP contribution in [0.15, 0.2) is 78.6 Å². The number of likely N-dealkylation sites (N-methyl/N-ethyl adjacent to an activating group) is 1. The fourth-order valence-electron chi connectivity index (χ4n) is 1.84. The van der Waals surface area contributed by atoms with Gasteiger partial charge in [0.2, 0.25) is 0 Å². The van der Waals surface area contributed by atoms with Gasteiger partial charge in [-0.15, -0.1) is 0 Å². The summed E-state index contributed by atoms with van der Waals surface area (Å²) in [6.07, 6.45) is 9.61. The Morgan fingerprint density at radius 3 is 2.53 bits per heavy atom. The Morgan fingerprint density at radius 2 is 2.00 bits per heavy atom. The molecule has 0 bridgehead atoms. The molecule has 0 amide bonds. The van der Waals surface area contributed by atoms with Gasteiger partial charge >= 0.3 is 0 Å². The number of benzene rings is 1. The van der Waals surface area contributed by atoms with Gasteiger partial charge in [0.25, 0.3) is 0 Å². The second-order valence-electron chi connectivity index (χ2n) is 4.16. The first kappa shape index (κ1) is 15.0. The smallest absolute Gasteiger partial charge is 0.0526 e. The summed E-state index contributed by atoms with van der Waals surface area (Å²) in [6, 6.07) is 10.3. The molecule has 0 saturated heterocycles. The van der Waals surface area contributed by atoms with Crippen LogP contribution < -0.4 is 11.1 Å². The normalized spacial score (nSPS) is 14.6.